The van der Waals surface area contributed by atoms with Crippen LogP contribution in [0.3, 0.4) is 0 Å². The van der Waals surface area contributed by atoms with Crippen molar-refractivity contribution in [1.29, 1.82) is 0 Å². The third-order valence-electron chi connectivity index (χ3n) is 4.61. The minimum atomic E-state index is -1.17. The number of aromatic nitrogens is 1. The molecule has 0 saturated carbocycles. The summed E-state index contributed by atoms with van der Waals surface area (Å²) >= 11 is 5.86. The molecule has 0 spiro atoms. The first kappa shape index (κ1) is 17.3. The van der Waals surface area contributed by atoms with Gasteiger partial charge in [-0.2, -0.15) is 0 Å². The van der Waals surface area contributed by atoms with E-state index in [9.17, 15) is 19.1 Å². The fourth-order valence-corrected chi connectivity index (χ4v) is 3.43. The highest BCUT2D eigenvalue weighted by molar-refractivity contribution is 6.30. The number of rotatable bonds is 2. The first-order valence-corrected chi connectivity index (χ1v) is 8.64. The van der Waals surface area contributed by atoms with Gasteiger partial charge in [0.2, 0.25) is 0 Å². The summed E-state index contributed by atoms with van der Waals surface area (Å²) in [6.45, 7) is 0.273. The number of carbonyl (C=O) groups excluding carboxylic acids is 1. The Kier molecular flexibility index (Phi) is 4.20. The highest BCUT2D eigenvalue weighted by Crippen LogP contribution is 2.31. The van der Waals surface area contributed by atoms with E-state index in [0.29, 0.717) is 39.2 Å². The minimum Gasteiger partial charge on any atom is -0.478 e. The van der Waals surface area contributed by atoms with E-state index in [1.165, 1.54) is 23.2 Å². The molecule has 2 N–H and O–H groups in total. The van der Waals surface area contributed by atoms with Crippen LogP contribution in [0.5, 0.6) is 0 Å². The molecule has 27 heavy (non-hydrogen) atoms. The van der Waals surface area contributed by atoms with Gasteiger partial charge in [0, 0.05) is 34.2 Å². The van der Waals surface area contributed by atoms with Gasteiger partial charge in [0.25, 0.3) is 5.91 Å². The number of aromatic amines is 1. The van der Waals surface area contributed by atoms with Gasteiger partial charge in [-0.05, 0) is 54.4 Å². The van der Waals surface area contributed by atoms with Gasteiger partial charge >= 0.3 is 5.97 Å². The molecule has 0 fully saturated rings. The SMILES string of the molecule is O=C(O)C1=CN(C(=O)c2ccc(Cl)cc2)CCc2c1[nH]c1ccc(F)cc21. The molecule has 5 nitrogen and oxygen atoms in total. The third-order valence-corrected chi connectivity index (χ3v) is 4.86. The van der Waals surface area contributed by atoms with E-state index < -0.39 is 11.8 Å². The van der Waals surface area contributed by atoms with Crippen LogP contribution >= 0.6 is 11.6 Å². The first-order valence-electron chi connectivity index (χ1n) is 8.26. The maximum atomic E-state index is 13.7. The lowest BCUT2D eigenvalue weighted by Crippen LogP contribution is -2.27. The number of nitrogens with zero attached hydrogens (tertiary/aromatic N) is 1. The molecule has 1 aromatic heterocycles. The number of aliphatic carboxylic acids is 1. The van der Waals surface area contributed by atoms with Crippen LogP contribution in [-0.2, 0) is 11.2 Å². The van der Waals surface area contributed by atoms with Crippen molar-refractivity contribution in [3.63, 3.8) is 0 Å². The lowest BCUT2D eigenvalue weighted by molar-refractivity contribution is -0.130. The van der Waals surface area contributed by atoms with Gasteiger partial charge in [-0.1, -0.05) is 11.6 Å². The van der Waals surface area contributed by atoms with Crippen LogP contribution in [0.2, 0.25) is 5.02 Å². The average Bonchev–Trinajstić information content (AvgIpc) is 2.87. The zero-order chi connectivity index (χ0) is 19.1. The topological polar surface area (TPSA) is 73.4 Å². The normalized spacial score (nSPS) is 13.9. The van der Waals surface area contributed by atoms with Gasteiger partial charge in [0.15, 0.2) is 0 Å². The summed E-state index contributed by atoms with van der Waals surface area (Å²) < 4.78 is 13.7. The highest BCUT2D eigenvalue weighted by Gasteiger charge is 2.26. The lowest BCUT2D eigenvalue weighted by Gasteiger charge is -2.17. The predicted molar refractivity (Wildman–Crippen MR) is 100 cm³/mol. The van der Waals surface area contributed by atoms with Crippen molar-refractivity contribution in [2.45, 2.75) is 6.42 Å². The number of halogens is 2. The van der Waals surface area contributed by atoms with Crippen LogP contribution in [0.15, 0.2) is 48.7 Å². The van der Waals surface area contributed by atoms with Gasteiger partial charge in [-0.25, -0.2) is 9.18 Å². The quantitative estimate of drug-likeness (QED) is 0.699. The van der Waals surface area contributed by atoms with E-state index in [4.69, 9.17) is 11.6 Å². The molecule has 0 atom stereocenters. The number of benzene rings is 2. The van der Waals surface area contributed by atoms with Crippen molar-refractivity contribution in [2.24, 2.45) is 0 Å². The number of carboxylic acid groups (broad SMARTS) is 1. The van der Waals surface area contributed by atoms with Gasteiger partial charge in [-0.15, -0.1) is 0 Å². The van der Waals surface area contributed by atoms with E-state index in [1.807, 2.05) is 0 Å². The van der Waals surface area contributed by atoms with E-state index in [-0.39, 0.29) is 18.0 Å². The van der Waals surface area contributed by atoms with Crippen molar-refractivity contribution in [3.8, 4) is 0 Å². The molecule has 2 heterocycles. The summed E-state index contributed by atoms with van der Waals surface area (Å²) in [5.74, 6) is -1.89. The second kappa shape index (κ2) is 6.55. The van der Waals surface area contributed by atoms with Crippen molar-refractivity contribution in [3.05, 3.63) is 76.3 Å². The van der Waals surface area contributed by atoms with Gasteiger partial charge in [-0.3, -0.25) is 4.79 Å². The summed E-state index contributed by atoms with van der Waals surface area (Å²) in [5.41, 5.74) is 2.10. The van der Waals surface area contributed by atoms with E-state index >= 15 is 0 Å². The summed E-state index contributed by atoms with van der Waals surface area (Å²) in [4.78, 5) is 29.1. The Hall–Kier alpha value is -3.12. The molecule has 4 rings (SSSR count). The summed E-state index contributed by atoms with van der Waals surface area (Å²) in [6, 6.07) is 10.7. The minimum absolute atomic E-state index is 0.0404. The van der Waals surface area contributed by atoms with Crippen LogP contribution < -0.4 is 0 Å². The standard InChI is InChI=1S/C20H14ClFN2O3/c21-12-3-1-11(2-4-12)19(25)24-8-7-14-15-9-13(22)5-6-17(15)23-18(14)16(10-24)20(26)27/h1-6,9-10,23H,7-8H2,(H,26,27). The number of fused-ring (bicyclic) bond motifs is 3. The molecule has 1 aliphatic rings. The van der Waals surface area contributed by atoms with Crippen molar-refractivity contribution < 1.29 is 19.1 Å². The Balaban J connectivity index is 1.79. The Morgan fingerprint density at radius 1 is 1.15 bits per heavy atom. The zero-order valence-corrected chi connectivity index (χ0v) is 14.8. The third kappa shape index (κ3) is 3.08. The molecule has 2 aromatic carbocycles. The van der Waals surface area contributed by atoms with Gasteiger partial charge in [0.1, 0.15) is 5.82 Å². The van der Waals surface area contributed by atoms with E-state index in [0.717, 1.165) is 0 Å². The number of amides is 1. The molecule has 0 radical (unpaired) electrons. The second-order valence-electron chi connectivity index (χ2n) is 6.27. The number of carboxylic acids is 1. The smallest absolute Gasteiger partial charge is 0.339 e. The molecule has 0 bridgehead atoms. The molecule has 0 aliphatic carbocycles. The Morgan fingerprint density at radius 2 is 1.89 bits per heavy atom. The van der Waals surface area contributed by atoms with Crippen molar-refractivity contribution in [1.82, 2.24) is 9.88 Å². The molecule has 0 unspecified atom stereocenters. The fourth-order valence-electron chi connectivity index (χ4n) is 3.31. The zero-order valence-electron chi connectivity index (χ0n) is 14.0. The van der Waals surface area contributed by atoms with Crippen LogP contribution in [0, 0.1) is 5.82 Å². The number of hydrogen-bond acceptors (Lipinski definition) is 2. The van der Waals surface area contributed by atoms with Crippen LogP contribution in [-0.4, -0.2) is 33.4 Å². The second-order valence-corrected chi connectivity index (χ2v) is 6.71. The highest BCUT2D eigenvalue weighted by atomic mass is 35.5. The number of H-pyrrole nitrogens is 1. The predicted octanol–water partition coefficient (Wildman–Crippen LogP) is 4.08. The number of carbonyl (C=O) groups is 2. The molecule has 1 aliphatic heterocycles. The Bertz CT molecular complexity index is 1100. The summed E-state index contributed by atoms with van der Waals surface area (Å²) in [7, 11) is 0. The summed E-state index contributed by atoms with van der Waals surface area (Å²) in [6.07, 6.45) is 1.72. The maximum absolute atomic E-state index is 13.7. The molecular weight excluding hydrogens is 371 g/mol. The average molecular weight is 385 g/mol. The van der Waals surface area contributed by atoms with Gasteiger partial charge < -0.3 is 15.0 Å². The van der Waals surface area contributed by atoms with Crippen LogP contribution in [0.4, 0.5) is 4.39 Å². The lowest BCUT2D eigenvalue weighted by atomic mass is 10.0. The first-order chi connectivity index (χ1) is 12.9. The molecule has 136 valence electrons. The molecule has 3 aromatic rings. The van der Waals surface area contributed by atoms with Crippen LogP contribution in [0.1, 0.15) is 21.6 Å². The van der Waals surface area contributed by atoms with E-state index in [1.54, 1.807) is 30.3 Å². The van der Waals surface area contributed by atoms with Crippen molar-refractivity contribution >= 4 is 40.0 Å². The van der Waals surface area contributed by atoms with Crippen LogP contribution in [0.25, 0.3) is 16.5 Å². The maximum Gasteiger partial charge on any atom is 0.339 e. The fraction of sp³-hybridized carbons (Fsp3) is 0.100. The molecule has 1 amide bonds. The van der Waals surface area contributed by atoms with E-state index in [2.05, 4.69) is 4.98 Å². The molecule has 7 heteroatoms. The Morgan fingerprint density at radius 3 is 2.59 bits per heavy atom. The van der Waals surface area contributed by atoms with Crippen molar-refractivity contribution in [2.75, 3.05) is 6.54 Å². The Labute approximate surface area is 158 Å². The summed E-state index contributed by atoms with van der Waals surface area (Å²) in [5, 5.41) is 10.8. The number of hydrogen-bond donors (Lipinski definition) is 2. The monoisotopic (exact) mass is 384 g/mol. The number of nitrogens with one attached hydrogen (secondary N) is 1. The largest absolute Gasteiger partial charge is 0.478 e. The molecular formula is C20H14ClFN2O3. The molecule has 0 saturated heterocycles. The van der Waals surface area contributed by atoms with Gasteiger partial charge in [0.05, 0.1) is 11.3 Å².